The number of rotatable bonds is 3. The number of benzene rings is 2. The molecule has 0 bridgehead atoms. The molecule has 1 saturated heterocycles. The lowest BCUT2D eigenvalue weighted by molar-refractivity contribution is 0.103. The summed E-state index contributed by atoms with van der Waals surface area (Å²) in [6.45, 7) is 4.20. The fourth-order valence-corrected chi connectivity index (χ4v) is 2.95. The van der Waals surface area contributed by atoms with Gasteiger partial charge in [-0.3, -0.25) is 4.79 Å². The third kappa shape index (κ3) is 2.34. The molecule has 1 fully saturated rings. The first-order chi connectivity index (χ1) is 9.77. The van der Waals surface area contributed by atoms with E-state index in [2.05, 4.69) is 17.9 Å². The minimum atomic E-state index is 0.121. The van der Waals surface area contributed by atoms with Gasteiger partial charge < -0.3 is 4.90 Å². The number of carbonyl (C=O) groups excluding carboxylic acids is 1. The van der Waals surface area contributed by atoms with E-state index in [0.29, 0.717) is 0 Å². The van der Waals surface area contributed by atoms with Crippen molar-refractivity contribution in [1.82, 2.24) is 0 Å². The Bertz CT molecular complexity index is 613. The molecule has 0 spiro atoms. The van der Waals surface area contributed by atoms with Crippen LogP contribution in [0, 0.1) is 6.92 Å². The Balaban J connectivity index is 2.05. The van der Waals surface area contributed by atoms with Crippen LogP contribution in [0.3, 0.4) is 0 Å². The average Bonchev–Trinajstić information content (AvgIpc) is 3.01. The predicted octanol–water partition coefficient (Wildman–Crippen LogP) is 3.83. The Hall–Kier alpha value is -2.09. The molecule has 0 unspecified atom stereocenters. The number of para-hydroxylation sites is 1. The van der Waals surface area contributed by atoms with Crippen LogP contribution in [-0.4, -0.2) is 18.9 Å². The molecule has 1 aliphatic heterocycles. The van der Waals surface area contributed by atoms with Gasteiger partial charge in [0.15, 0.2) is 5.78 Å². The molecule has 3 rings (SSSR count). The van der Waals surface area contributed by atoms with Gasteiger partial charge in [-0.1, -0.05) is 42.5 Å². The maximum Gasteiger partial charge on any atom is 0.195 e. The highest BCUT2D eigenvalue weighted by Gasteiger charge is 2.21. The second kappa shape index (κ2) is 5.49. The van der Waals surface area contributed by atoms with Gasteiger partial charge in [0.2, 0.25) is 0 Å². The summed E-state index contributed by atoms with van der Waals surface area (Å²) in [5.74, 6) is 0.121. The van der Waals surface area contributed by atoms with E-state index < -0.39 is 0 Å². The molecule has 0 saturated carbocycles. The lowest BCUT2D eigenvalue weighted by Gasteiger charge is -2.23. The first kappa shape index (κ1) is 12.9. The molecular weight excluding hydrogens is 246 g/mol. The number of nitrogens with zero attached hydrogens (tertiary/aromatic N) is 1. The molecule has 102 valence electrons. The highest BCUT2D eigenvalue weighted by Crippen LogP contribution is 2.30. The molecule has 20 heavy (non-hydrogen) atoms. The molecule has 0 aromatic heterocycles. The van der Waals surface area contributed by atoms with E-state index in [-0.39, 0.29) is 5.78 Å². The molecule has 2 heteroatoms. The van der Waals surface area contributed by atoms with Gasteiger partial charge in [0.25, 0.3) is 0 Å². The van der Waals surface area contributed by atoms with Crippen molar-refractivity contribution in [3.63, 3.8) is 0 Å². The number of carbonyl (C=O) groups is 1. The Morgan fingerprint density at radius 3 is 2.35 bits per heavy atom. The normalized spacial score (nSPS) is 14.6. The number of ketones is 1. The van der Waals surface area contributed by atoms with Crippen molar-refractivity contribution in [2.24, 2.45) is 0 Å². The molecule has 0 radical (unpaired) electrons. The van der Waals surface area contributed by atoms with Gasteiger partial charge in [0, 0.05) is 24.2 Å². The molecule has 0 aliphatic carbocycles. The topological polar surface area (TPSA) is 20.3 Å². The van der Waals surface area contributed by atoms with E-state index in [1.165, 1.54) is 18.4 Å². The number of hydrogen-bond acceptors (Lipinski definition) is 2. The van der Waals surface area contributed by atoms with Gasteiger partial charge in [-0.25, -0.2) is 0 Å². The van der Waals surface area contributed by atoms with Crippen LogP contribution in [0.1, 0.15) is 34.3 Å². The molecule has 0 amide bonds. The summed E-state index contributed by atoms with van der Waals surface area (Å²) in [7, 11) is 0. The molecule has 0 N–H and O–H groups in total. The largest absolute Gasteiger partial charge is 0.371 e. The minimum Gasteiger partial charge on any atom is -0.371 e. The van der Waals surface area contributed by atoms with Crippen molar-refractivity contribution in [2.75, 3.05) is 18.0 Å². The van der Waals surface area contributed by atoms with Crippen LogP contribution < -0.4 is 4.90 Å². The zero-order valence-electron chi connectivity index (χ0n) is 11.8. The standard InChI is InChI=1S/C18H19NO/c1-14-8-7-11-16(17(14)19-12-5-6-13-19)18(20)15-9-3-2-4-10-15/h2-4,7-11H,5-6,12-13H2,1H3. The molecule has 2 aromatic carbocycles. The van der Waals surface area contributed by atoms with Crippen molar-refractivity contribution < 1.29 is 4.79 Å². The second-order valence-electron chi connectivity index (χ2n) is 5.36. The van der Waals surface area contributed by atoms with Crippen LogP contribution in [0.5, 0.6) is 0 Å². The Morgan fingerprint density at radius 1 is 0.950 bits per heavy atom. The third-order valence-electron chi connectivity index (χ3n) is 3.94. The van der Waals surface area contributed by atoms with Gasteiger partial charge in [-0.2, -0.15) is 0 Å². The number of aryl methyl sites for hydroxylation is 1. The fourth-order valence-electron chi connectivity index (χ4n) is 2.95. The SMILES string of the molecule is Cc1cccc(C(=O)c2ccccc2)c1N1CCCC1. The van der Waals surface area contributed by atoms with Gasteiger partial charge in [-0.05, 0) is 31.4 Å². The molecule has 2 aromatic rings. The van der Waals surface area contributed by atoms with E-state index in [0.717, 1.165) is 29.9 Å². The minimum absolute atomic E-state index is 0.121. The van der Waals surface area contributed by atoms with Crippen molar-refractivity contribution in [1.29, 1.82) is 0 Å². The quantitative estimate of drug-likeness (QED) is 0.786. The maximum absolute atomic E-state index is 12.7. The molecular formula is C18H19NO. The summed E-state index contributed by atoms with van der Waals surface area (Å²) in [5, 5.41) is 0. The molecule has 2 nitrogen and oxygen atoms in total. The first-order valence-electron chi connectivity index (χ1n) is 7.21. The maximum atomic E-state index is 12.7. The molecule has 1 aliphatic rings. The van der Waals surface area contributed by atoms with E-state index in [1.807, 2.05) is 42.5 Å². The number of hydrogen-bond donors (Lipinski definition) is 0. The van der Waals surface area contributed by atoms with Crippen LogP contribution in [0.15, 0.2) is 48.5 Å². The van der Waals surface area contributed by atoms with Crippen LogP contribution in [0.25, 0.3) is 0 Å². The van der Waals surface area contributed by atoms with Crippen LogP contribution in [0.4, 0.5) is 5.69 Å². The van der Waals surface area contributed by atoms with Crippen molar-refractivity contribution in [3.8, 4) is 0 Å². The van der Waals surface area contributed by atoms with E-state index in [1.54, 1.807) is 0 Å². The summed E-state index contributed by atoms with van der Waals surface area (Å²) in [5.41, 5.74) is 3.91. The van der Waals surface area contributed by atoms with E-state index in [9.17, 15) is 4.79 Å². The van der Waals surface area contributed by atoms with Gasteiger partial charge >= 0.3 is 0 Å². The average molecular weight is 265 g/mol. The summed E-state index contributed by atoms with van der Waals surface area (Å²) in [6, 6.07) is 15.6. The zero-order valence-corrected chi connectivity index (χ0v) is 11.8. The molecule has 1 heterocycles. The van der Waals surface area contributed by atoms with Crippen molar-refractivity contribution >= 4 is 11.5 Å². The Kier molecular flexibility index (Phi) is 3.55. The Labute approximate surface area is 120 Å². The van der Waals surface area contributed by atoms with Crippen molar-refractivity contribution in [3.05, 3.63) is 65.2 Å². The Morgan fingerprint density at radius 2 is 1.65 bits per heavy atom. The van der Waals surface area contributed by atoms with E-state index >= 15 is 0 Å². The van der Waals surface area contributed by atoms with Gasteiger partial charge in [0.1, 0.15) is 0 Å². The highest BCUT2D eigenvalue weighted by molar-refractivity contribution is 6.12. The first-order valence-corrected chi connectivity index (χ1v) is 7.21. The summed E-state index contributed by atoms with van der Waals surface area (Å²) in [6.07, 6.45) is 2.43. The number of anilines is 1. The smallest absolute Gasteiger partial charge is 0.195 e. The van der Waals surface area contributed by atoms with Crippen LogP contribution in [-0.2, 0) is 0 Å². The molecule has 0 atom stereocenters. The van der Waals surface area contributed by atoms with Crippen LogP contribution in [0.2, 0.25) is 0 Å². The zero-order chi connectivity index (χ0) is 13.9. The second-order valence-corrected chi connectivity index (χ2v) is 5.36. The lowest BCUT2D eigenvalue weighted by atomic mass is 9.98. The fraction of sp³-hybridized carbons (Fsp3) is 0.278. The highest BCUT2D eigenvalue weighted by atomic mass is 16.1. The summed E-state index contributed by atoms with van der Waals surface area (Å²) < 4.78 is 0. The monoisotopic (exact) mass is 265 g/mol. The predicted molar refractivity (Wildman–Crippen MR) is 82.5 cm³/mol. The van der Waals surface area contributed by atoms with Gasteiger partial charge in [-0.15, -0.1) is 0 Å². The van der Waals surface area contributed by atoms with Crippen molar-refractivity contribution in [2.45, 2.75) is 19.8 Å². The van der Waals surface area contributed by atoms with Crippen LogP contribution >= 0.6 is 0 Å². The third-order valence-corrected chi connectivity index (χ3v) is 3.94. The lowest BCUT2D eigenvalue weighted by Crippen LogP contribution is -2.22. The van der Waals surface area contributed by atoms with Gasteiger partial charge in [0.05, 0.1) is 5.69 Å². The van der Waals surface area contributed by atoms with E-state index in [4.69, 9.17) is 0 Å². The summed E-state index contributed by atoms with van der Waals surface area (Å²) >= 11 is 0. The summed E-state index contributed by atoms with van der Waals surface area (Å²) in [4.78, 5) is 15.1.